The van der Waals surface area contributed by atoms with Gasteiger partial charge in [0.25, 0.3) is 0 Å². The Kier molecular flexibility index (Phi) is 7.90. The average Bonchev–Trinajstić information content (AvgIpc) is 2.46. The minimum atomic E-state index is 0.164. The zero-order valence-corrected chi connectivity index (χ0v) is 13.4. The van der Waals surface area contributed by atoms with Crippen molar-refractivity contribution in [1.82, 2.24) is 0 Å². The Morgan fingerprint density at radius 2 is 1.86 bits per heavy atom. The van der Waals surface area contributed by atoms with Gasteiger partial charge in [0.15, 0.2) is 0 Å². The van der Waals surface area contributed by atoms with Gasteiger partial charge in [-0.2, -0.15) is 0 Å². The van der Waals surface area contributed by atoms with E-state index in [0.717, 1.165) is 48.9 Å². The third kappa shape index (κ3) is 7.58. The molecule has 0 amide bonds. The number of carbonyl (C=O) groups is 2. The predicted octanol–water partition coefficient (Wildman–Crippen LogP) is 4.45. The van der Waals surface area contributed by atoms with Crippen molar-refractivity contribution in [2.75, 3.05) is 5.32 Å². The first kappa shape index (κ1) is 17.9. The molecule has 1 N–H and O–H groups in total. The van der Waals surface area contributed by atoms with Crippen LogP contribution in [0.3, 0.4) is 0 Å². The minimum absolute atomic E-state index is 0.164. The predicted molar refractivity (Wildman–Crippen MR) is 91.9 cm³/mol. The summed E-state index contributed by atoms with van der Waals surface area (Å²) < 4.78 is 0. The second kappa shape index (κ2) is 9.72. The van der Waals surface area contributed by atoms with Crippen LogP contribution in [-0.2, 0) is 16.0 Å². The largest absolute Gasteiger partial charge is 0.359 e. The zero-order chi connectivity index (χ0) is 16.4. The fourth-order valence-electron chi connectivity index (χ4n) is 2.18. The number of benzene rings is 1. The first-order valence-electron chi connectivity index (χ1n) is 7.64. The number of aryl methyl sites for hydroxylation is 1. The van der Waals surface area contributed by atoms with E-state index in [9.17, 15) is 9.59 Å². The monoisotopic (exact) mass is 299 g/mol. The molecule has 3 nitrogen and oxygen atoms in total. The van der Waals surface area contributed by atoms with Crippen molar-refractivity contribution >= 4 is 17.8 Å². The lowest BCUT2D eigenvalue weighted by molar-refractivity contribution is -0.116. The van der Waals surface area contributed by atoms with Gasteiger partial charge in [-0.3, -0.25) is 4.79 Å². The summed E-state index contributed by atoms with van der Waals surface area (Å²) in [6, 6.07) is 8.19. The quantitative estimate of drug-likeness (QED) is 0.373. The Labute approximate surface area is 133 Å². The highest BCUT2D eigenvalue weighted by Crippen LogP contribution is 2.16. The molecule has 22 heavy (non-hydrogen) atoms. The Bertz CT molecular complexity index is 529. The highest BCUT2D eigenvalue weighted by molar-refractivity contribution is 5.77. The van der Waals surface area contributed by atoms with Crippen molar-refractivity contribution in [1.29, 1.82) is 0 Å². The number of Topliss-reactive ketones (excluding diaryl/α,β-unsaturated/α-hetero) is 1. The number of carbonyl (C=O) groups excluding carboxylic acids is 2. The van der Waals surface area contributed by atoms with Crippen LogP contribution in [0.25, 0.3) is 0 Å². The number of rotatable bonds is 11. The van der Waals surface area contributed by atoms with Crippen LogP contribution in [0.1, 0.15) is 44.6 Å². The zero-order valence-electron chi connectivity index (χ0n) is 13.4. The van der Waals surface area contributed by atoms with E-state index in [1.807, 2.05) is 12.1 Å². The molecule has 0 aliphatic carbocycles. The van der Waals surface area contributed by atoms with Gasteiger partial charge in [-0.25, -0.2) is 0 Å². The molecule has 0 saturated carbocycles. The number of nitrogens with one attached hydrogen (secondary N) is 1. The summed E-state index contributed by atoms with van der Waals surface area (Å²) in [6.07, 6.45) is 5.33. The van der Waals surface area contributed by atoms with Gasteiger partial charge in [-0.05, 0) is 50.3 Å². The van der Waals surface area contributed by atoms with Crippen LogP contribution < -0.4 is 5.32 Å². The molecule has 0 aliphatic heterocycles. The molecule has 0 atom stereocenters. The molecular weight excluding hydrogens is 274 g/mol. The van der Waals surface area contributed by atoms with E-state index in [1.54, 1.807) is 6.92 Å². The maximum atomic E-state index is 11.0. The molecule has 1 aromatic carbocycles. The van der Waals surface area contributed by atoms with Crippen LogP contribution in [0.4, 0.5) is 5.69 Å². The fourth-order valence-corrected chi connectivity index (χ4v) is 2.18. The van der Waals surface area contributed by atoms with Gasteiger partial charge in [-0.1, -0.05) is 30.9 Å². The van der Waals surface area contributed by atoms with Crippen LogP contribution in [0.15, 0.2) is 48.7 Å². The van der Waals surface area contributed by atoms with Gasteiger partial charge < -0.3 is 10.1 Å². The number of allylic oxidation sites excluding steroid dienone is 2. The molecule has 0 spiro atoms. The molecule has 1 rings (SSSR count). The number of ketones is 1. The summed E-state index contributed by atoms with van der Waals surface area (Å²) >= 11 is 0. The van der Waals surface area contributed by atoms with Gasteiger partial charge in [0.05, 0.1) is 0 Å². The lowest BCUT2D eigenvalue weighted by Crippen LogP contribution is -1.99. The van der Waals surface area contributed by atoms with Gasteiger partial charge in [-0.15, -0.1) is 0 Å². The lowest BCUT2D eigenvalue weighted by Gasteiger charge is -2.10. The molecule has 0 radical (unpaired) electrons. The standard InChI is InChI=1S/C19H25NO2/c1-15(14-17(3)22)7-8-18-9-11-19(12-10-18)20-16(2)6-4-5-13-21/h9-13,20H,1-2,4-8,14H2,3H3. The molecular formula is C19H25NO2. The highest BCUT2D eigenvalue weighted by Gasteiger charge is 2.01. The summed E-state index contributed by atoms with van der Waals surface area (Å²) in [4.78, 5) is 21.3. The molecule has 0 heterocycles. The van der Waals surface area contributed by atoms with Gasteiger partial charge in [0.2, 0.25) is 0 Å². The van der Waals surface area contributed by atoms with Crippen LogP contribution >= 0.6 is 0 Å². The molecule has 0 unspecified atom stereocenters. The summed E-state index contributed by atoms with van der Waals surface area (Å²) in [7, 11) is 0. The Morgan fingerprint density at radius 3 is 2.45 bits per heavy atom. The normalized spacial score (nSPS) is 10.0. The van der Waals surface area contributed by atoms with Crippen molar-refractivity contribution in [2.45, 2.75) is 45.4 Å². The van der Waals surface area contributed by atoms with Crippen LogP contribution in [0.5, 0.6) is 0 Å². The van der Waals surface area contributed by atoms with E-state index in [-0.39, 0.29) is 5.78 Å². The van der Waals surface area contributed by atoms with E-state index in [0.29, 0.717) is 12.8 Å². The molecule has 0 aromatic heterocycles. The smallest absolute Gasteiger partial charge is 0.133 e. The van der Waals surface area contributed by atoms with E-state index in [4.69, 9.17) is 0 Å². The van der Waals surface area contributed by atoms with E-state index >= 15 is 0 Å². The Morgan fingerprint density at radius 1 is 1.18 bits per heavy atom. The number of hydrogen-bond acceptors (Lipinski definition) is 3. The van der Waals surface area contributed by atoms with Crippen LogP contribution in [0.2, 0.25) is 0 Å². The van der Waals surface area contributed by atoms with Gasteiger partial charge in [0.1, 0.15) is 12.1 Å². The molecule has 3 heteroatoms. The molecule has 1 aromatic rings. The third-order valence-corrected chi connectivity index (χ3v) is 3.34. The summed E-state index contributed by atoms with van der Waals surface area (Å²) in [5.74, 6) is 0.164. The third-order valence-electron chi connectivity index (χ3n) is 3.34. The number of hydrogen-bond donors (Lipinski definition) is 1. The van der Waals surface area contributed by atoms with E-state index < -0.39 is 0 Å². The maximum Gasteiger partial charge on any atom is 0.133 e. The van der Waals surface area contributed by atoms with Gasteiger partial charge >= 0.3 is 0 Å². The molecule has 0 saturated heterocycles. The van der Waals surface area contributed by atoms with Gasteiger partial charge in [0, 0.05) is 24.2 Å². The minimum Gasteiger partial charge on any atom is -0.359 e. The molecule has 118 valence electrons. The average molecular weight is 299 g/mol. The van der Waals surface area contributed by atoms with E-state index in [2.05, 4.69) is 30.6 Å². The van der Waals surface area contributed by atoms with Crippen molar-refractivity contribution in [2.24, 2.45) is 0 Å². The maximum absolute atomic E-state index is 11.0. The molecule has 0 fully saturated rings. The summed E-state index contributed by atoms with van der Waals surface area (Å²) in [5, 5.41) is 3.25. The van der Waals surface area contributed by atoms with Crippen LogP contribution in [-0.4, -0.2) is 12.1 Å². The Balaban J connectivity index is 2.39. The van der Waals surface area contributed by atoms with Crippen molar-refractivity contribution < 1.29 is 9.59 Å². The second-order valence-corrected chi connectivity index (χ2v) is 5.61. The first-order chi connectivity index (χ1) is 10.5. The molecule has 0 bridgehead atoms. The second-order valence-electron chi connectivity index (χ2n) is 5.61. The fraction of sp³-hybridized carbons (Fsp3) is 0.368. The van der Waals surface area contributed by atoms with Crippen molar-refractivity contribution in [3.63, 3.8) is 0 Å². The highest BCUT2D eigenvalue weighted by atomic mass is 16.1. The topological polar surface area (TPSA) is 46.2 Å². The van der Waals surface area contributed by atoms with Crippen molar-refractivity contribution in [3.05, 3.63) is 54.3 Å². The van der Waals surface area contributed by atoms with Crippen LogP contribution in [0, 0.1) is 0 Å². The molecule has 0 aliphatic rings. The van der Waals surface area contributed by atoms with E-state index in [1.165, 1.54) is 5.56 Å². The number of anilines is 1. The Hall–Kier alpha value is -2.16. The number of aldehydes is 1. The van der Waals surface area contributed by atoms with Crippen molar-refractivity contribution in [3.8, 4) is 0 Å². The lowest BCUT2D eigenvalue weighted by atomic mass is 10.0. The SMILES string of the molecule is C=C(CCc1ccc(NC(=C)CCCC=O)cc1)CC(C)=O. The number of unbranched alkanes of at least 4 members (excludes halogenated alkanes) is 1. The summed E-state index contributed by atoms with van der Waals surface area (Å²) in [5.41, 5.74) is 4.13. The summed E-state index contributed by atoms with van der Waals surface area (Å²) in [6.45, 7) is 9.48. The first-order valence-corrected chi connectivity index (χ1v) is 7.64.